The molecule has 0 aliphatic carbocycles. The average Bonchev–Trinajstić information content (AvgIpc) is 3.01. The van der Waals surface area contributed by atoms with Gasteiger partial charge in [0.25, 0.3) is 0 Å². The molecule has 1 fully saturated rings. The monoisotopic (exact) mass is 236 g/mol. The number of carbonyl (C=O) groups excluding carboxylic acids is 1. The zero-order valence-corrected chi connectivity index (χ0v) is 10.1. The van der Waals surface area contributed by atoms with E-state index in [1.807, 2.05) is 12.5 Å². The molecule has 1 aromatic heterocycles. The fourth-order valence-electron chi connectivity index (χ4n) is 2.08. The third kappa shape index (κ3) is 3.85. The molecule has 2 heterocycles. The van der Waals surface area contributed by atoms with Crippen LogP contribution in [-0.4, -0.2) is 34.6 Å². The largest absolute Gasteiger partial charge is 0.355 e. The van der Waals surface area contributed by atoms with Gasteiger partial charge in [-0.3, -0.25) is 4.79 Å². The van der Waals surface area contributed by atoms with Crippen LogP contribution in [0.1, 0.15) is 25.7 Å². The number of hydrogen-bond acceptors (Lipinski definition) is 3. The van der Waals surface area contributed by atoms with E-state index >= 15 is 0 Å². The van der Waals surface area contributed by atoms with Gasteiger partial charge in [0, 0.05) is 25.5 Å². The molecule has 1 atom stereocenters. The van der Waals surface area contributed by atoms with Gasteiger partial charge in [0.15, 0.2) is 0 Å². The maximum atomic E-state index is 11.6. The number of aryl methyl sites for hydroxylation is 1. The van der Waals surface area contributed by atoms with E-state index < -0.39 is 0 Å². The summed E-state index contributed by atoms with van der Waals surface area (Å²) in [6.07, 6.45) is 9.72. The normalized spacial score (nSPS) is 19.4. The lowest BCUT2D eigenvalue weighted by atomic mass is 10.2. The van der Waals surface area contributed by atoms with Gasteiger partial charge in [-0.1, -0.05) is 0 Å². The first-order chi connectivity index (χ1) is 8.36. The van der Waals surface area contributed by atoms with Gasteiger partial charge in [-0.25, -0.2) is 4.98 Å². The first kappa shape index (κ1) is 12.1. The highest BCUT2D eigenvalue weighted by molar-refractivity contribution is 5.81. The van der Waals surface area contributed by atoms with Crippen molar-refractivity contribution in [1.29, 1.82) is 0 Å². The van der Waals surface area contributed by atoms with Crippen LogP contribution in [0.3, 0.4) is 0 Å². The van der Waals surface area contributed by atoms with E-state index in [1.54, 1.807) is 6.20 Å². The van der Waals surface area contributed by atoms with E-state index in [2.05, 4.69) is 20.2 Å². The minimum absolute atomic E-state index is 0.0450. The summed E-state index contributed by atoms with van der Waals surface area (Å²) in [4.78, 5) is 15.6. The van der Waals surface area contributed by atoms with Crippen molar-refractivity contribution in [2.75, 3.05) is 13.1 Å². The van der Waals surface area contributed by atoms with E-state index in [0.29, 0.717) is 0 Å². The number of imidazole rings is 1. The van der Waals surface area contributed by atoms with Crippen molar-refractivity contribution in [3.63, 3.8) is 0 Å². The highest BCUT2D eigenvalue weighted by Gasteiger charge is 2.20. The molecule has 1 amide bonds. The molecule has 1 aliphatic heterocycles. The molecule has 17 heavy (non-hydrogen) atoms. The van der Waals surface area contributed by atoms with Crippen LogP contribution in [0.15, 0.2) is 18.7 Å². The maximum absolute atomic E-state index is 11.6. The second kappa shape index (κ2) is 6.39. The Morgan fingerprint density at radius 2 is 2.47 bits per heavy atom. The standard InChI is InChI=1S/C12H20N4O/c17-12(11-4-3-6-14-11)15-5-1-2-8-16-9-7-13-10-16/h7,9-11,14H,1-6,8H2,(H,15,17)/t11-/m1/s1. The number of rotatable bonds is 6. The molecule has 2 N–H and O–H groups in total. The van der Waals surface area contributed by atoms with Gasteiger partial charge in [-0.05, 0) is 32.2 Å². The second-order valence-corrected chi connectivity index (χ2v) is 4.45. The molecular weight excluding hydrogens is 216 g/mol. The number of carbonyl (C=O) groups is 1. The molecule has 1 aliphatic rings. The number of amides is 1. The summed E-state index contributed by atoms with van der Waals surface area (Å²) in [7, 11) is 0. The fraction of sp³-hybridized carbons (Fsp3) is 0.667. The summed E-state index contributed by atoms with van der Waals surface area (Å²) >= 11 is 0. The lowest BCUT2D eigenvalue weighted by molar-refractivity contribution is -0.122. The summed E-state index contributed by atoms with van der Waals surface area (Å²) in [5.41, 5.74) is 0. The Bertz CT molecular complexity index is 330. The van der Waals surface area contributed by atoms with Crippen molar-refractivity contribution in [3.8, 4) is 0 Å². The lowest BCUT2D eigenvalue weighted by Crippen LogP contribution is -2.40. The average molecular weight is 236 g/mol. The zero-order valence-electron chi connectivity index (χ0n) is 10.1. The summed E-state index contributed by atoms with van der Waals surface area (Å²) in [6, 6.07) is 0.0450. The van der Waals surface area contributed by atoms with E-state index in [-0.39, 0.29) is 11.9 Å². The molecule has 0 bridgehead atoms. The van der Waals surface area contributed by atoms with Gasteiger partial charge in [0.05, 0.1) is 12.4 Å². The summed E-state index contributed by atoms with van der Waals surface area (Å²) in [5, 5.41) is 6.17. The van der Waals surface area contributed by atoms with Gasteiger partial charge in [-0.2, -0.15) is 0 Å². The molecule has 5 heteroatoms. The van der Waals surface area contributed by atoms with Gasteiger partial charge >= 0.3 is 0 Å². The van der Waals surface area contributed by atoms with Crippen molar-refractivity contribution < 1.29 is 4.79 Å². The van der Waals surface area contributed by atoms with Crippen molar-refractivity contribution in [2.24, 2.45) is 0 Å². The summed E-state index contributed by atoms with van der Waals surface area (Å²) < 4.78 is 2.06. The first-order valence-electron chi connectivity index (χ1n) is 6.33. The highest BCUT2D eigenvalue weighted by Crippen LogP contribution is 2.04. The van der Waals surface area contributed by atoms with Crippen LogP contribution in [-0.2, 0) is 11.3 Å². The highest BCUT2D eigenvalue weighted by atomic mass is 16.2. The number of aromatic nitrogens is 2. The van der Waals surface area contributed by atoms with E-state index in [1.165, 1.54) is 0 Å². The van der Waals surface area contributed by atoms with Crippen molar-refractivity contribution in [3.05, 3.63) is 18.7 Å². The SMILES string of the molecule is O=C(NCCCCn1ccnc1)[C@H]1CCCN1. The molecular formula is C12H20N4O. The molecule has 0 saturated carbocycles. The predicted octanol–water partition coefficient (Wildman–Crippen LogP) is 0.531. The minimum Gasteiger partial charge on any atom is -0.355 e. The Balaban J connectivity index is 1.52. The fourth-order valence-corrected chi connectivity index (χ4v) is 2.08. The number of nitrogens with zero attached hydrogens (tertiary/aromatic N) is 2. The van der Waals surface area contributed by atoms with Crippen LogP contribution in [0.25, 0.3) is 0 Å². The van der Waals surface area contributed by atoms with Crippen molar-refractivity contribution >= 4 is 5.91 Å². The zero-order chi connectivity index (χ0) is 11.9. The van der Waals surface area contributed by atoms with Gasteiger partial charge in [0.1, 0.15) is 0 Å². The van der Waals surface area contributed by atoms with Crippen LogP contribution in [0.5, 0.6) is 0 Å². The van der Waals surface area contributed by atoms with Crippen LogP contribution in [0.2, 0.25) is 0 Å². The van der Waals surface area contributed by atoms with Crippen molar-refractivity contribution in [1.82, 2.24) is 20.2 Å². The molecule has 5 nitrogen and oxygen atoms in total. The second-order valence-electron chi connectivity index (χ2n) is 4.45. The maximum Gasteiger partial charge on any atom is 0.237 e. The Hall–Kier alpha value is -1.36. The third-order valence-corrected chi connectivity index (χ3v) is 3.08. The molecule has 0 unspecified atom stereocenters. The summed E-state index contributed by atoms with van der Waals surface area (Å²) in [5.74, 6) is 0.158. The molecule has 0 aromatic carbocycles. The van der Waals surface area contributed by atoms with Gasteiger partial charge < -0.3 is 15.2 Å². The molecule has 2 rings (SSSR count). The van der Waals surface area contributed by atoms with Crippen LogP contribution in [0.4, 0.5) is 0 Å². The molecule has 0 radical (unpaired) electrons. The predicted molar refractivity (Wildman–Crippen MR) is 65.5 cm³/mol. The molecule has 94 valence electrons. The Morgan fingerprint density at radius 3 is 3.18 bits per heavy atom. The van der Waals surface area contributed by atoms with Gasteiger partial charge in [-0.15, -0.1) is 0 Å². The third-order valence-electron chi connectivity index (χ3n) is 3.08. The topological polar surface area (TPSA) is 59.0 Å². The number of unbranched alkanes of at least 4 members (excludes halogenated alkanes) is 1. The van der Waals surface area contributed by atoms with Crippen LogP contribution in [0, 0.1) is 0 Å². The minimum atomic E-state index is 0.0450. The Kier molecular flexibility index (Phi) is 4.55. The van der Waals surface area contributed by atoms with Gasteiger partial charge in [0.2, 0.25) is 5.91 Å². The van der Waals surface area contributed by atoms with Crippen LogP contribution < -0.4 is 10.6 Å². The Morgan fingerprint density at radius 1 is 1.53 bits per heavy atom. The van der Waals surface area contributed by atoms with E-state index in [4.69, 9.17) is 0 Å². The molecule has 1 saturated heterocycles. The van der Waals surface area contributed by atoms with E-state index in [0.717, 1.165) is 45.3 Å². The molecule has 0 spiro atoms. The van der Waals surface area contributed by atoms with Crippen molar-refractivity contribution in [2.45, 2.75) is 38.3 Å². The van der Waals surface area contributed by atoms with Crippen LogP contribution >= 0.6 is 0 Å². The molecule has 1 aromatic rings. The lowest BCUT2D eigenvalue weighted by Gasteiger charge is -2.10. The van der Waals surface area contributed by atoms with E-state index in [9.17, 15) is 4.79 Å². The smallest absolute Gasteiger partial charge is 0.237 e. The quantitative estimate of drug-likeness (QED) is 0.708. The number of nitrogens with one attached hydrogen (secondary N) is 2. The Labute approximate surface area is 102 Å². The number of hydrogen-bond donors (Lipinski definition) is 2. The first-order valence-corrected chi connectivity index (χ1v) is 6.33. The summed E-state index contributed by atoms with van der Waals surface area (Å²) in [6.45, 7) is 2.71.